The molecule has 0 aliphatic carbocycles. The molecule has 6 N–H and O–H groups in total. The van der Waals surface area contributed by atoms with Crippen LogP contribution in [-0.2, 0) is 14.4 Å². The summed E-state index contributed by atoms with van der Waals surface area (Å²) in [5.74, 6) is 3.59. The molecule has 4 aliphatic rings. The average Bonchev–Trinajstić information content (AvgIpc) is 3.54. The molecule has 2 fully saturated rings. The summed E-state index contributed by atoms with van der Waals surface area (Å²) >= 11 is 0. The Morgan fingerprint density at radius 1 is 1.02 bits per heavy atom. The van der Waals surface area contributed by atoms with E-state index in [9.17, 15) is 24.0 Å². The van der Waals surface area contributed by atoms with Gasteiger partial charge in [0.1, 0.15) is 6.04 Å². The number of carbonyl (C=O) groups is 5. The molecule has 6 atom stereocenters. The standard InChI is InChI=1S/C29H37N7O5/c1-16-12-21-14-35(16)29(41)23(32-18(3)17(2)31-4)6-5-7-25(37)36-15-22(13-24(36)26(30)38)34-28(40)20-10-8-19(9-11-20)27(39)33-21/h8-11,16-17,21-24,31-32H,3,7,12-15H2,1-2,4H3,(H2,30,38)(H,33,39)(H,34,40)/t16-,17?,21+,22?,23?,24?/m1/s1. The Kier molecular flexibility index (Phi) is 8.98. The van der Waals surface area contributed by atoms with Crippen molar-refractivity contribution < 1.29 is 24.0 Å². The highest BCUT2D eigenvalue weighted by Crippen LogP contribution is 2.21. The summed E-state index contributed by atoms with van der Waals surface area (Å²) in [6.07, 6.45) is 0.467. The second kappa shape index (κ2) is 12.4. The van der Waals surface area contributed by atoms with Crippen molar-refractivity contribution in [2.45, 2.75) is 69.4 Å². The molecule has 4 unspecified atom stereocenters. The van der Waals surface area contributed by atoms with E-state index in [1.807, 2.05) is 13.8 Å². The first-order valence-corrected chi connectivity index (χ1v) is 13.7. The molecule has 218 valence electrons. The smallest absolute Gasteiger partial charge is 0.257 e. The van der Waals surface area contributed by atoms with E-state index in [-0.39, 0.29) is 55.9 Å². The van der Waals surface area contributed by atoms with Crippen LogP contribution in [0.1, 0.15) is 53.8 Å². The molecule has 41 heavy (non-hydrogen) atoms. The first-order chi connectivity index (χ1) is 19.5. The molecule has 1 aromatic carbocycles. The highest BCUT2D eigenvalue weighted by Gasteiger charge is 2.39. The topological polar surface area (TPSA) is 166 Å². The fraction of sp³-hybridized carbons (Fsp3) is 0.483. The molecule has 0 radical (unpaired) electrons. The lowest BCUT2D eigenvalue weighted by atomic mass is 10.1. The minimum atomic E-state index is -0.987. The summed E-state index contributed by atoms with van der Waals surface area (Å²) in [6, 6.07) is 3.21. The molecule has 0 spiro atoms. The summed E-state index contributed by atoms with van der Waals surface area (Å²) in [5.41, 5.74) is 6.84. The Hall–Kier alpha value is -4.37. The molecule has 4 heterocycles. The molecule has 2 saturated heterocycles. The van der Waals surface area contributed by atoms with Crippen molar-refractivity contribution in [1.29, 1.82) is 0 Å². The van der Waals surface area contributed by atoms with Crippen LogP contribution in [0.4, 0.5) is 0 Å². The maximum atomic E-state index is 13.7. The van der Waals surface area contributed by atoms with E-state index in [1.54, 1.807) is 36.2 Å². The van der Waals surface area contributed by atoms with Gasteiger partial charge in [0.2, 0.25) is 11.8 Å². The number of nitrogens with zero attached hydrogens (tertiary/aromatic N) is 2. The maximum Gasteiger partial charge on any atom is 0.257 e. The van der Waals surface area contributed by atoms with Crippen molar-refractivity contribution in [2.75, 3.05) is 20.1 Å². The predicted molar refractivity (Wildman–Crippen MR) is 151 cm³/mol. The van der Waals surface area contributed by atoms with Crippen LogP contribution in [0.25, 0.3) is 0 Å². The van der Waals surface area contributed by atoms with Gasteiger partial charge in [-0.3, -0.25) is 24.0 Å². The summed E-state index contributed by atoms with van der Waals surface area (Å²) in [7, 11) is 1.77. The number of hydrogen-bond donors (Lipinski definition) is 5. The Balaban J connectivity index is 1.66. The van der Waals surface area contributed by atoms with Crippen molar-refractivity contribution in [1.82, 2.24) is 31.1 Å². The van der Waals surface area contributed by atoms with Gasteiger partial charge in [-0.25, -0.2) is 0 Å². The van der Waals surface area contributed by atoms with Gasteiger partial charge in [0.25, 0.3) is 17.7 Å². The molecule has 12 nitrogen and oxygen atoms in total. The third-order valence-corrected chi connectivity index (χ3v) is 7.91. The molecular formula is C29H37N7O5. The normalized spacial score (nSPS) is 27.4. The number of hydrogen-bond acceptors (Lipinski definition) is 7. The van der Waals surface area contributed by atoms with Crippen LogP contribution in [0.2, 0.25) is 0 Å². The lowest BCUT2D eigenvalue weighted by Gasteiger charge is -2.27. The van der Waals surface area contributed by atoms with Crippen LogP contribution in [0.3, 0.4) is 0 Å². The van der Waals surface area contributed by atoms with Gasteiger partial charge in [0, 0.05) is 54.1 Å². The second-order valence-corrected chi connectivity index (χ2v) is 10.8. The lowest BCUT2D eigenvalue weighted by molar-refractivity contribution is -0.136. The van der Waals surface area contributed by atoms with Gasteiger partial charge >= 0.3 is 0 Å². The van der Waals surface area contributed by atoms with Crippen LogP contribution in [0, 0.1) is 11.8 Å². The highest BCUT2D eigenvalue weighted by atomic mass is 16.2. The second-order valence-electron chi connectivity index (χ2n) is 10.8. The van der Waals surface area contributed by atoms with Gasteiger partial charge in [-0.1, -0.05) is 18.4 Å². The first kappa shape index (κ1) is 29.6. The fourth-order valence-electron chi connectivity index (χ4n) is 5.38. The fourth-order valence-corrected chi connectivity index (χ4v) is 5.38. The Morgan fingerprint density at radius 3 is 2.15 bits per heavy atom. The van der Waals surface area contributed by atoms with E-state index >= 15 is 0 Å². The minimum absolute atomic E-state index is 0.0874. The molecule has 6 bridgehead atoms. The molecule has 1 aromatic rings. The van der Waals surface area contributed by atoms with Crippen molar-refractivity contribution >= 4 is 29.5 Å². The summed E-state index contributed by atoms with van der Waals surface area (Å²) in [6.45, 7) is 8.17. The number of primary amides is 1. The minimum Gasteiger partial charge on any atom is -0.368 e. The van der Waals surface area contributed by atoms with E-state index in [2.05, 4.69) is 39.7 Å². The van der Waals surface area contributed by atoms with Crippen molar-refractivity contribution in [3.63, 3.8) is 0 Å². The largest absolute Gasteiger partial charge is 0.368 e. The van der Waals surface area contributed by atoms with Crippen LogP contribution < -0.4 is 27.0 Å². The average molecular weight is 564 g/mol. The van der Waals surface area contributed by atoms with Gasteiger partial charge < -0.3 is 36.8 Å². The van der Waals surface area contributed by atoms with Crippen LogP contribution in [-0.4, -0.2) is 95.7 Å². The predicted octanol–water partition coefficient (Wildman–Crippen LogP) is -0.923. The quantitative estimate of drug-likeness (QED) is 0.289. The zero-order valence-electron chi connectivity index (χ0n) is 23.5. The number of benzene rings is 1. The van der Waals surface area contributed by atoms with Crippen molar-refractivity contribution in [3.8, 4) is 11.8 Å². The number of nitrogens with two attached hydrogens (primary N) is 1. The van der Waals surface area contributed by atoms with E-state index in [4.69, 9.17) is 5.73 Å². The van der Waals surface area contributed by atoms with E-state index in [0.29, 0.717) is 23.2 Å². The van der Waals surface area contributed by atoms with Crippen LogP contribution in [0.15, 0.2) is 36.5 Å². The molecule has 0 saturated carbocycles. The summed E-state index contributed by atoms with van der Waals surface area (Å²) in [4.78, 5) is 67.8. The van der Waals surface area contributed by atoms with Crippen LogP contribution in [0.5, 0.6) is 0 Å². The summed E-state index contributed by atoms with van der Waals surface area (Å²) < 4.78 is 0. The van der Waals surface area contributed by atoms with Gasteiger partial charge in [-0.15, -0.1) is 0 Å². The Labute approximate surface area is 239 Å². The number of nitrogens with one attached hydrogen (secondary N) is 4. The molecular weight excluding hydrogens is 526 g/mol. The first-order valence-electron chi connectivity index (χ1n) is 13.7. The molecule has 12 heteroatoms. The van der Waals surface area contributed by atoms with Crippen molar-refractivity contribution in [2.24, 2.45) is 5.73 Å². The molecule has 0 aromatic heterocycles. The SMILES string of the molecule is C=C(NC1C#CCC(=O)N2CC(CC2C(N)=O)NC(=O)c2ccc(cc2)C(=O)N[C@H]2C[C@@H](C)N(C2)C1=O)C(C)NC. The lowest BCUT2D eigenvalue weighted by Crippen LogP contribution is -2.49. The number of fused-ring (bicyclic) bond motifs is 8. The Bertz CT molecular complexity index is 1300. The van der Waals surface area contributed by atoms with Gasteiger partial charge in [0.05, 0.1) is 6.42 Å². The van der Waals surface area contributed by atoms with E-state index in [1.165, 1.54) is 4.90 Å². The maximum absolute atomic E-state index is 13.7. The zero-order valence-corrected chi connectivity index (χ0v) is 23.5. The molecule has 5 rings (SSSR count). The van der Waals surface area contributed by atoms with Gasteiger partial charge in [0.15, 0.2) is 6.04 Å². The number of likely N-dealkylation sites (N-methyl/N-ethyl adjacent to an activating group) is 1. The van der Waals surface area contributed by atoms with E-state index < -0.39 is 35.8 Å². The number of carbonyl (C=O) groups excluding carboxylic acids is 5. The third-order valence-electron chi connectivity index (χ3n) is 7.91. The highest BCUT2D eigenvalue weighted by molar-refractivity contribution is 5.98. The Morgan fingerprint density at radius 2 is 1.59 bits per heavy atom. The third kappa shape index (κ3) is 6.69. The van der Waals surface area contributed by atoms with Gasteiger partial charge in [-0.05, 0) is 58.0 Å². The van der Waals surface area contributed by atoms with E-state index in [0.717, 1.165) is 0 Å². The zero-order chi connectivity index (χ0) is 29.8. The van der Waals surface area contributed by atoms with Crippen LogP contribution >= 0.6 is 0 Å². The summed E-state index contributed by atoms with van der Waals surface area (Å²) in [5, 5.41) is 12.0. The molecule has 5 amide bonds. The number of rotatable bonds is 5. The van der Waals surface area contributed by atoms with Gasteiger partial charge in [-0.2, -0.15) is 0 Å². The van der Waals surface area contributed by atoms with Crippen molar-refractivity contribution in [3.05, 3.63) is 47.7 Å². The monoisotopic (exact) mass is 563 g/mol. The molecule has 4 aliphatic heterocycles. The number of amides is 5.